The highest BCUT2D eigenvalue weighted by Gasteiger charge is 2.23. The summed E-state index contributed by atoms with van der Waals surface area (Å²) in [5.41, 5.74) is 6.33. The SMILES string of the molecule is Clc1ccc(CN2CCN(c3c(Br)cnc4nc(-c5ccc(Cn6cccn6)cc5)[nH]c34)CC2)cc1. The van der Waals surface area contributed by atoms with Crippen molar-refractivity contribution in [1.82, 2.24) is 29.6 Å². The summed E-state index contributed by atoms with van der Waals surface area (Å²) in [5.74, 6) is 0.823. The first-order chi connectivity index (χ1) is 17.6. The van der Waals surface area contributed by atoms with E-state index >= 15 is 0 Å². The Kier molecular flexibility index (Phi) is 6.48. The maximum Gasteiger partial charge on any atom is 0.180 e. The fourth-order valence-electron chi connectivity index (χ4n) is 4.69. The molecular weight excluding hydrogens is 538 g/mol. The molecule has 182 valence electrons. The van der Waals surface area contributed by atoms with E-state index in [1.165, 1.54) is 11.1 Å². The van der Waals surface area contributed by atoms with Gasteiger partial charge in [0.1, 0.15) is 11.3 Å². The van der Waals surface area contributed by atoms with Gasteiger partial charge in [0.25, 0.3) is 0 Å². The topological polar surface area (TPSA) is 65.9 Å². The summed E-state index contributed by atoms with van der Waals surface area (Å²) in [6.07, 6.45) is 5.62. The Bertz CT molecular complexity index is 1460. The first-order valence-electron chi connectivity index (χ1n) is 11.9. The second kappa shape index (κ2) is 10.0. The number of fused-ring (bicyclic) bond motifs is 1. The number of piperazine rings is 1. The lowest BCUT2D eigenvalue weighted by molar-refractivity contribution is 0.250. The molecule has 1 aliphatic rings. The van der Waals surface area contributed by atoms with E-state index in [9.17, 15) is 0 Å². The van der Waals surface area contributed by atoms with E-state index in [0.717, 1.165) is 77.0 Å². The van der Waals surface area contributed by atoms with Gasteiger partial charge in [0, 0.05) is 61.9 Å². The van der Waals surface area contributed by atoms with Crippen molar-refractivity contribution in [2.45, 2.75) is 13.1 Å². The molecule has 0 atom stereocenters. The zero-order valence-corrected chi connectivity index (χ0v) is 22.0. The van der Waals surface area contributed by atoms with Crippen molar-refractivity contribution in [3.63, 3.8) is 0 Å². The van der Waals surface area contributed by atoms with Crippen molar-refractivity contribution >= 4 is 44.4 Å². The summed E-state index contributed by atoms with van der Waals surface area (Å²) in [6, 6.07) is 18.5. The summed E-state index contributed by atoms with van der Waals surface area (Å²) in [6.45, 7) is 5.51. The van der Waals surface area contributed by atoms with Crippen molar-refractivity contribution in [2.75, 3.05) is 31.1 Å². The third kappa shape index (κ3) is 4.89. The molecule has 3 aromatic heterocycles. The number of aromatic amines is 1. The van der Waals surface area contributed by atoms with Crippen molar-refractivity contribution in [2.24, 2.45) is 0 Å². The molecule has 2 aromatic carbocycles. The number of hydrogen-bond donors (Lipinski definition) is 1. The first-order valence-corrected chi connectivity index (χ1v) is 13.1. The first kappa shape index (κ1) is 23.2. The number of nitrogens with zero attached hydrogens (tertiary/aromatic N) is 6. The predicted molar refractivity (Wildman–Crippen MR) is 147 cm³/mol. The van der Waals surface area contributed by atoms with Crippen LogP contribution in [-0.2, 0) is 13.1 Å². The van der Waals surface area contributed by atoms with E-state index in [4.69, 9.17) is 16.6 Å². The van der Waals surface area contributed by atoms with Gasteiger partial charge >= 0.3 is 0 Å². The van der Waals surface area contributed by atoms with Crippen LogP contribution in [0.4, 0.5) is 5.69 Å². The van der Waals surface area contributed by atoms with Gasteiger partial charge in [-0.15, -0.1) is 0 Å². The number of pyridine rings is 1. The normalized spacial score (nSPS) is 14.6. The minimum Gasteiger partial charge on any atom is -0.366 e. The number of nitrogens with one attached hydrogen (secondary N) is 1. The molecule has 0 unspecified atom stereocenters. The minimum atomic E-state index is 0.729. The van der Waals surface area contributed by atoms with E-state index in [0.29, 0.717) is 0 Å². The van der Waals surface area contributed by atoms with Crippen LogP contribution in [0.25, 0.3) is 22.6 Å². The van der Waals surface area contributed by atoms with Gasteiger partial charge in [-0.1, -0.05) is 48.0 Å². The Balaban J connectivity index is 1.19. The summed E-state index contributed by atoms with van der Waals surface area (Å²) in [4.78, 5) is 17.8. The van der Waals surface area contributed by atoms with Crippen molar-refractivity contribution in [3.05, 3.63) is 93.8 Å². The molecule has 9 heteroatoms. The van der Waals surface area contributed by atoms with Crippen LogP contribution in [0.2, 0.25) is 5.02 Å². The molecule has 1 saturated heterocycles. The van der Waals surface area contributed by atoms with Crippen LogP contribution < -0.4 is 4.90 Å². The maximum absolute atomic E-state index is 6.04. The van der Waals surface area contributed by atoms with Gasteiger partial charge < -0.3 is 9.88 Å². The van der Waals surface area contributed by atoms with Crippen LogP contribution >= 0.6 is 27.5 Å². The average molecular weight is 563 g/mol. The van der Waals surface area contributed by atoms with Crippen LogP contribution in [0.5, 0.6) is 0 Å². The number of rotatable bonds is 6. The number of aromatic nitrogens is 5. The number of H-pyrrole nitrogens is 1. The van der Waals surface area contributed by atoms with Crippen molar-refractivity contribution in [3.8, 4) is 11.4 Å². The van der Waals surface area contributed by atoms with E-state index in [1.54, 1.807) is 6.20 Å². The predicted octanol–water partition coefficient (Wildman–Crippen LogP) is 5.61. The molecule has 0 spiro atoms. The van der Waals surface area contributed by atoms with E-state index < -0.39 is 0 Å². The minimum absolute atomic E-state index is 0.729. The Labute approximate surface area is 222 Å². The summed E-state index contributed by atoms with van der Waals surface area (Å²) in [7, 11) is 0. The highest BCUT2D eigenvalue weighted by Crippen LogP contribution is 2.34. The van der Waals surface area contributed by atoms with Crippen molar-refractivity contribution < 1.29 is 0 Å². The number of anilines is 1. The fraction of sp³-hybridized carbons (Fsp3) is 0.222. The quantitative estimate of drug-likeness (QED) is 0.292. The standard InChI is InChI=1S/C27H25BrClN7/c28-23-16-30-27-24(25(23)35-14-12-34(13-15-35)17-19-4-8-22(29)9-5-19)32-26(33-27)21-6-2-20(3-7-21)18-36-11-1-10-31-36/h1-11,16H,12-15,17-18H2,(H,30,32,33). The third-order valence-electron chi connectivity index (χ3n) is 6.59. The van der Waals surface area contributed by atoms with Gasteiger partial charge in [0.05, 0.1) is 16.7 Å². The molecule has 36 heavy (non-hydrogen) atoms. The molecular formula is C27H25BrClN7. The molecule has 4 heterocycles. The Morgan fingerprint density at radius 2 is 1.64 bits per heavy atom. The van der Waals surface area contributed by atoms with E-state index in [1.807, 2.05) is 35.3 Å². The molecule has 1 aliphatic heterocycles. The van der Waals surface area contributed by atoms with Crippen LogP contribution in [0.15, 0.2) is 77.7 Å². The van der Waals surface area contributed by atoms with Crippen LogP contribution in [0.3, 0.4) is 0 Å². The largest absolute Gasteiger partial charge is 0.366 e. The fourth-order valence-corrected chi connectivity index (χ4v) is 5.37. The lowest BCUT2D eigenvalue weighted by atomic mass is 10.1. The molecule has 0 aliphatic carbocycles. The van der Waals surface area contributed by atoms with Gasteiger partial charge in [0.2, 0.25) is 0 Å². The highest BCUT2D eigenvalue weighted by atomic mass is 79.9. The Morgan fingerprint density at radius 1 is 0.917 bits per heavy atom. The van der Waals surface area contributed by atoms with Crippen molar-refractivity contribution in [1.29, 1.82) is 0 Å². The number of benzene rings is 2. The van der Waals surface area contributed by atoms with E-state index in [-0.39, 0.29) is 0 Å². The molecule has 6 rings (SSSR count). The zero-order chi connectivity index (χ0) is 24.5. The summed E-state index contributed by atoms with van der Waals surface area (Å²) < 4.78 is 2.89. The zero-order valence-electron chi connectivity index (χ0n) is 19.6. The van der Waals surface area contributed by atoms with Crippen LogP contribution in [0.1, 0.15) is 11.1 Å². The van der Waals surface area contributed by atoms with Crippen LogP contribution in [-0.4, -0.2) is 55.8 Å². The smallest absolute Gasteiger partial charge is 0.180 e. The molecule has 1 fully saturated rings. The lowest BCUT2D eigenvalue weighted by Crippen LogP contribution is -2.46. The molecule has 7 nitrogen and oxygen atoms in total. The Morgan fingerprint density at radius 3 is 2.36 bits per heavy atom. The summed E-state index contributed by atoms with van der Waals surface area (Å²) >= 11 is 9.78. The Hall–Kier alpha value is -3.20. The molecule has 0 bridgehead atoms. The average Bonchev–Trinajstić information content (AvgIpc) is 3.57. The lowest BCUT2D eigenvalue weighted by Gasteiger charge is -2.36. The monoisotopic (exact) mass is 561 g/mol. The highest BCUT2D eigenvalue weighted by molar-refractivity contribution is 9.10. The second-order valence-electron chi connectivity index (χ2n) is 9.03. The van der Waals surface area contributed by atoms with Gasteiger partial charge in [0.15, 0.2) is 5.65 Å². The van der Waals surface area contributed by atoms with E-state index in [2.05, 4.69) is 77.2 Å². The van der Waals surface area contributed by atoms with Gasteiger partial charge in [-0.05, 0) is 45.3 Å². The molecule has 1 N–H and O–H groups in total. The summed E-state index contributed by atoms with van der Waals surface area (Å²) in [5, 5.41) is 5.06. The maximum atomic E-state index is 6.04. The molecule has 5 aromatic rings. The van der Waals surface area contributed by atoms with Gasteiger partial charge in [-0.3, -0.25) is 9.58 Å². The number of imidazole rings is 1. The molecule has 0 amide bonds. The second-order valence-corrected chi connectivity index (χ2v) is 10.3. The van der Waals surface area contributed by atoms with Crippen LogP contribution in [0, 0.1) is 0 Å². The third-order valence-corrected chi connectivity index (χ3v) is 7.42. The van der Waals surface area contributed by atoms with Gasteiger partial charge in [-0.25, -0.2) is 9.97 Å². The number of halogens is 2. The molecule has 0 radical (unpaired) electrons. The molecule has 0 saturated carbocycles. The number of hydrogen-bond acceptors (Lipinski definition) is 5. The van der Waals surface area contributed by atoms with Gasteiger partial charge in [-0.2, -0.15) is 5.10 Å².